The Kier molecular flexibility index (Phi) is 5.86. The molecular weight excluding hydrogens is 340 g/mol. The number of H-pyrrole nitrogens is 1. The van der Waals surface area contributed by atoms with Crippen molar-refractivity contribution in [2.24, 2.45) is 5.92 Å². The molecule has 1 heterocycles. The number of methoxy groups -OCH3 is 1. The summed E-state index contributed by atoms with van der Waals surface area (Å²) in [6, 6.07) is 15.6. The summed E-state index contributed by atoms with van der Waals surface area (Å²) in [4.78, 5) is 16.6. The second-order valence-electron chi connectivity index (χ2n) is 6.85. The number of anilines is 1. The van der Waals surface area contributed by atoms with Crippen LogP contribution in [0.4, 0.5) is 5.95 Å². The van der Waals surface area contributed by atoms with Crippen molar-refractivity contribution in [3.05, 3.63) is 59.7 Å². The molecule has 0 radical (unpaired) electrons. The Hall–Kier alpha value is -3.15. The highest BCUT2D eigenvalue weighted by Crippen LogP contribution is 2.27. The van der Waals surface area contributed by atoms with E-state index in [1.165, 1.54) is 5.56 Å². The maximum atomic E-state index is 12.3. The van der Waals surface area contributed by atoms with E-state index in [0.717, 1.165) is 17.5 Å². The van der Waals surface area contributed by atoms with Gasteiger partial charge in [0.25, 0.3) is 0 Å². The average Bonchev–Trinajstić information content (AvgIpc) is 3.11. The Bertz CT molecular complexity index is 901. The Morgan fingerprint density at radius 3 is 2.52 bits per heavy atom. The van der Waals surface area contributed by atoms with Gasteiger partial charge in [-0.2, -0.15) is 4.98 Å². The molecular formula is C21H24N4O2. The van der Waals surface area contributed by atoms with Gasteiger partial charge in [-0.05, 0) is 35.6 Å². The highest BCUT2D eigenvalue weighted by atomic mass is 16.5. The lowest BCUT2D eigenvalue weighted by Gasteiger charge is -2.06. The van der Waals surface area contributed by atoms with E-state index in [1.807, 2.05) is 36.4 Å². The van der Waals surface area contributed by atoms with Crippen molar-refractivity contribution >= 4 is 11.9 Å². The summed E-state index contributed by atoms with van der Waals surface area (Å²) >= 11 is 0. The molecule has 0 aliphatic rings. The minimum absolute atomic E-state index is 0.155. The lowest BCUT2D eigenvalue weighted by Crippen LogP contribution is -2.15. The number of amides is 1. The molecule has 27 heavy (non-hydrogen) atoms. The third kappa shape index (κ3) is 4.94. The summed E-state index contributed by atoms with van der Waals surface area (Å²) in [6.07, 6.45) is 1.32. The standard InChI is InChI=1S/C21H24N4O2/c1-14(2)12-15-8-10-16(11-9-15)13-19(26)22-21-23-20(24-25-21)17-6-4-5-7-18(17)27-3/h4-11,14H,12-13H2,1-3H3,(H2,22,23,24,25,26). The molecule has 6 nitrogen and oxygen atoms in total. The smallest absolute Gasteiger partial charge is 0.249 e. The molecule has 140 valence electrons. The van der Waals surface area contributed by atoms with Crippen molar-refractivity contribution in [2.75, 3.05) is 12.4 Å². The first kappa shape index (κ1) is 18.6. The Morgan fingerprint density at radius 2 is 1.81 bits per heavy atom. The largest absolute Gasteiger partial charge is 0.496 e. The zero-order chi connectivity index (χ0) is 19.2. The van der Waals surface area contributed by atoms with Crippen LogP contribution < -0.4 is 10.1 Å². The first-order valence-corrected chi connectivity index (χ1v) is 8.98. The van der Waals surface area contributed by atoms with Crippen LogP contribution in [0.2, 0.25) is 0 Å². The van der Waals surface area contributed by atoms with Crippen molar-refractivity contribution in [1.82, 2.24) is 15.2 Å². The molecule has 0 atom stereocenters. The van der Waals surface area contributed by atoms with Crippen molar-refractivity contribution in [3.8, 4) is 17.1 Å². The third-order valence-electron chi connectivity index (χ3n) is 4.13. The molecule has 0 saturated heterocycles. The van der Waals surface area contributed by atoms with Crippen LogP contribution in [0.25, 0.3) is 11.4 Å². The van der Waals surface area contributed by atoms with Crippen molar-refractivity contribution in [3.63, 3.8) is 0 Å². The molecule has 0 spiro atoms. The van der Waals surface area contributed by atoms with E-state index in [4.69, 9.17) is 4.74 Å². The van der Waals surface area contributed by atoms with E-state index in [9.17, 15) is 4.79 Å². The van der Waals surface area contributed by atoms with Crippen LogP contribution >= 0.6 is 0 Å². The van der Waals surface area contributed by atoms with E-state index in [2.05, 4.69) is 46.5 Å². The van der Waals surface area contributed by atoms with Gasteiger partial charge in [0.2, 0.25) is 11.9 Å². The molecule has 1 aromatic heterocycles. The van der Waals surface area contributed by atoms with Crippen LogP contribution in [0, 0.1) is 5.92 Å². The predicted molar refractivity (Wildman–Crippen MR) is 106 cm³/mol. The van der Waals surface area contributed by atoms with Crippen molar-refractivity contribution < 1.29 is 9.53 Å². The minimum Gasteiger partial charge on any atom is -0.496 e. The molecule has 0 fully saturated rings. The van der Waals surface area contributed by atoms with Gasteiger partial charge in [-0.1, -0.05) is 50.2 Å². The fraction of sp³-hybridized carbons (Fsp3) is 0.286. The molecule has 3 rings (SSSR count). The van der Waals surface area contributed by atoms with E-state index >= 15 is 0 Å². The molecule has 2 aromatic carbocycles. The van der Waals surface area contributed by atoms with Crippen LogP contribution in [0.15, 0.2) is 48.5 Å². The number of para-hydroxylation sites is 1. The van der Waals surface area contributed by atoms with E-state index in [-0.39, 0.29) is 18.3 Å². The van der Waals surface area contributed by atoms with Gasteiger partial charge >= 0.3 is 0 Å². The summed E-state index contributed by atoms with van der Waals surface area (Å²) < 4.78 is 5.33. The number of aromatic amines is 1. The topological polar surface area (TPSA) is 79.9 Å². The maximum Gasteiger partial charge on any atom is 0.249 e. The fourth-order valence-electron chi connectivity index (χ4n) is 2.90. The zero-order valence-corrected chi connectivity index (χ0v) is 15.8. The van der Waals surface area contributed by atoms with Crippen LogP contribution in [0.1, 0.15) is 25.0 Å². The molecule has 0 unspecified atom stereocenters. The van der Waals surface area contributed by atoms with Crippen LogP contribution in [-0.2, 0) is 17.6 Å². The monoisotopic (exact) mass is 364 g/mol. The third-order valence-corrected chi connectivity index (χ3v) is 4.13. The number of carbonyl (C=O) groups is 1. The first-order chi connectivity index (χ1) is 13.0. The van der Waals surface area contributed by atoms with E-state index < -0.39 is 0 Å². The number of aromatic nitrogens is 3. The van der Waals surface area contributed by atoms with Crippen LogP contribution in [0.5, 0.6) is 5.75 Å². The summed E-state index contributed by atoms with van der Waals surface area (Å²) in [5.41, 5.74) is 3.03. The summed E-state index contributed by atoms with van der Waals surface area (Å²) in [5, 5.41) is 9.64. The molecule has 2 N–H and O–H groups in total. The molecule has 0 saturated carbocycles. The number of hydrogen-bond donors (Lipinski definition) is 2. The number of ether oxygens (including phenoxy) is 1. The summed E-state index contributed by atoms with van der Waals surface area (Å²) in [7, 11) is 1.60. The fourth-order valence-corrected chi connectivity index (χ4v) is 2.90. The summed E-state index contributed by atoms with van der Waals surface area (Å²) in [5.74, 6) is 1.94. The Morgan fingerprint density at radius 1 is 1.11 bits per heavy atom. The Labute approximate surface area is 159 Å². The van der Waals surface area contributed by atoms with Crippen LogP contribution in [0.3, 0.4) is 0 Å². The highest BCUT2D eigenvalue weighted by Gasteiger charge is 2.12. The van der Waals surface area contributed by atoms with Crippen molar-refractivity contribution in [1.29, 1.82) is 0 Å². The Balaban J connectivity index is 1.62. The number of nitrogens with one attached hydrogen (secondary N) is 2. The number of carbonyl (C=O) groups excluding carboxylic acids is 1. The normalized spacial score (nSPS) is 10.8. The van der Waals surface area contributed by atoms with Gasteiger partial charge in [0.05, 0.1) is 19.1 Å². The molecule has 6 heteroatoms. The highest BCUT2D eigenvalue weighted by molar-refractivity contribution is 5.90. The van der Waals surface area contributed by atoms with Gasteiger partial charge in [-0.25, -0.2) is 0 Å². The summed E-state index contributed by atoms with van der Waals surface area (Å²) in [6.45, 7) is 4.38. The second kappa shape index (κ2) is 8.49. The predicted octanol–water partition coefficient (Wildman–Crippen LogP) is 3.86. The lowest BCUT2D eigenvalue weighted by atomic mass is 10.0. The molecule has 0 bridgehead atoms. The SMILES string of the molecule is COc1ccccc1-c1nc(NC(=O)Cc2ccc(CC(C)C)cc2)n[nH]1. The van der Waals surface area contributed by atoms with Crippen molar-refractivity contribution in [2.45, 2.75) is 26.7 Å². The maximum absolute atomic E-state index is 12.3. The average molecular weight is 364 g/mol. The van der Waals surface area contributed by atoms with E-state index in [1.54, 1.807) is 7.11 Å². The molecule has 0 aliphatic carbocycles. The number of nitrogens with zero attached hydrogens (tertiary/aromatic N) is 2. The molecule has 0 aliphatic heterocycles. The van der Waals surface area contributed by atoms with Gasteiger partial charge in [-0.3, -0.25) is 15.2 Å². The number of hydrogen-bond acceptors (Lipinski definition) is 4. The molecule has 3 aromatic rings. The number of benzene rings is 2. The first-order valence-electron chi connectivity index (χ1n) is 8.98. The second-order valence-corrected chi connectivity index (χ2v) is 6.85. The lowest BCUT2D eigenvalue weighted by molar-refractivity contribution is -0.115. The molecule has 1 amide bonds. The quantitative estimate of drug-likeness (QED) is 0.667. The van der Waals surface area contributed by atoms with Crippen LogP contribution in [-0.4, -0.2) is 28.2 Å². The van der Waals surface area contributed by atoms with Gasteiger partial charge in [0, 0.05) is 0 Å². The van der Waals surface area contributed by atoms with E-state index in [0.29, 0.717) is 17.5 Å². The van der Waals surface area contributed by atoms with Gasteiger partial charge in [0.15, 0.2) is 5.82 Å². The number of rotatable bonds is 7. The zero-order valence-electron chi connectivity index (χ0n) is 15.8. The minimum atomic E-state index is -0.155. The van der Waals surface area contributed by atoms with Gasteiger partial charge in [-0.15, -0.1) is 5.10 Å². The van der Waals surface area contributed by atoms with Gasteiger partial charge < -0.3 is 4.74 Å². The van der Waals surface area contributed by atoms with Gasteiger partial charge in [0.1, 0.15) is 5.75 Å².